The van der Waals surface area contributed by atoms with Crippen LogP contribution in [0.25, 0.3) is 10.9 Å². The SMILES string of the molecule is CSCCC(N)C(=O)NC(C(=O)N1CCCC1C(=O)NC(Cc1c[nH]c2ccccc12)C(=O)O)C(C)C. The van der Waals surface area contributed by atoms with E-state index in [9.17, 15) is 24.3 Å². The Morgan fingerprint density at radius 3 is 2.62 bits per heavy atom. The first-order valence-corrected chi connectivity index (χ1v) is 14.0. The van der Waals surface area contributed by atoms with Gasteiger partial charge in [0.25, 0.3) is 0 Å². The summed E-state index contributed by atoms with van der Waals surface area (Å²) in [6.45, 7) is 4.00. The third kappa shape index (κ3) is 7.04. The predicted molar refractivity (Wildman–Crippen MR) is 144 cm³/mol. The summed E-state index contributed by atoms with van der Waals surface area (Å²) < 4.78 is 0. The molecule has 10 nitrogen and oxygen atoms in total. The number of nitrogens with two attached hydrogens (primary N) is 1. The summed E-state index contributed by atoms with van der Waals surface area (Å²) in [5.41, 5.74) is 7.65. The van der Waals surface area contributed by atoms with Crippen molar-refractivity contribution in [2.45, 2.75) is 63.7 Å². The van der Waals surface area contributed by atoms with E-state index in [1.807, 2.05) is 44.4 Å². The number of H-pyrrole nitrogens is 1. The minimum Gasteiger partial charge on any atom is -0.480 e. The number of aromatic amines is 1. The Bertz CT molecular complexity index is 1120. The Hall–Kier alpha value is -3.05. The summed E-state index contributed by atoms with van der Waals surface area (Å²) >= 11 is 1.59. The van der Waals surface area contributed by atoms with Crippen molar-refractivity contribution in [2.75, 3.05) is 18.6 Å². The molecule has 4 unspecified atom stereocenters. The number of carbonyl (C=O) groups excluding carboxylic acids is 3. The van der Waals surface area contributed by atoms with Gasteiger partial charge in [-0.15, -0.1) is 0 Å². The second kappa shape index (κ2) is 13.0. The summed E-state index contributed by atoms with van der Waals surface area (Å²) in [5, 5.41) is 16.1. The fraction of sp³-hybridized carbons (Fsp3) is 0.538. The van der Waals surface area contributed by atoms with Gasteiger partial charge in [0, 0.05) is 30.1 Å². The molecule has 202 valence electrons. The Morgan fingerprint density at radius 1 is 1.22 bits per heavy atom. The van der Waals surface area contributed by atoms with E-state index >= 15 is 0 Å². The molecule has 6 N–H and O–H groups in total. The molecule has 0 bridgehead atoms. The highest BCUT2D eigenvalue weighted by Crippen LogP contribution is 2.22. The zero-order chi connectivity index (χ0) is 27.1. The molecule has 2 aromatic rings. The molecule has 3 rings (SSSR count). The van der Waals surface area contributed by atoms with Gasteiger partial charge in [-0.25, -0.2) is 4.79 Å². The van der Waals surface area contributed by atoms with Gasteiger partial charge < -0.3 is 31.4 Å². The van der Waals surface area contributed by atoms with Crippen LogP contribution in [0.4, 0.5) is 0 Å². The molecule has 1 aromatic heterocycles. The lowest BCUT2D eigenvalue weighted by molar-refractivity contribution is -0.145. The number of thioether (sulfide) groups is 1. The second-order valence-electron chi connectivity index (χ2n) is 9.77. The van der Waals surface area contributed by atoms with Crippen molar-refractivity contribution < 1.29 is 24.3 Å². The van der Waals surface area contributed by atoms with Crippen LogP contribution in [0.15, 0.2) is 30.5 Å². The van der Waals surface area contributed by atoms with E-state index in [-0.39, 0.29) is 18.2 Å². The Morgan fingerprint density at radius 2 is 1.95 bits per heavy atom. The van der Waals surface area contributed by atoms with Crippen LogP contribution in [0.1, 0.15) is 38.7 Å². The van der Waals surface area contributed by atoms with E-state index in [1.165, 1.54) is 4.90 Å². The van der Waals surface area contributed by atoms with Crippen molar-refractivity contribution >= 4 is 46.4 Å². The molecule has 1 fully saturated rings. The van der Waals surface area contributed by atoms with Crippen molar-refractivity contribution in [3.8, 4) is 0 Å². The van der Waals surface area contributed by atoms with Gasteiger partial charge in [0.1, 0.15) is 18.1 Å². The highest BCUT2D eigenvalue weighted by molar-refractivity contribution is 7.98. The van der Waals surface area contributed by atoms with E-state index in [1.54, 1.807) is 18.0 Å². The van der Waals surface area contributed by atoms with Crippen LogP contribution in [0.5, 0.6) is 0 Å². The standard InChI is InChI=1S/C26H37N5O5S/c1-15(2)22(30-23(32)18(27)10-12-37-3)25(34)31-11-6-9-21(31)24(33)29-20(26(35)36)13-16-14-28-19-8-5-4-7-17(16)19/h4-5,7-8,14-15,18,20-22,28H,6,9-13,27H2,1-3H3,(H,29,33)(H,30,32)(H,35,36). The molecule has 37 heavy (non-hydrogen) atoms. The summed E-state index contributed by atoms with van der Waals surface area (Å²) in [6, 6.07) is 4.04. The number of carboxylic acid groups (broad SMARTS) is 1. The fourth-order valence-electron chi connectivity index (χ4n) is 4.62. The van der Waals surface area contributed by atoms with Crippen LogP contribution >= 0.6 is 11.8 Å². The molecule has 0 aliphatic carbocycles. The maximum absolute atomic E-state index is 13.5. The maximum Gasteiger partial charge on any atom is 0.326 e. The second-order valence-corrected chi connectivity index (χ2v) is 10.8. The molecular weight excluding hydrogens is 494 g/mol. The number of para-hydroxylation sites is 1. The predicted octanol–water partition coefficient (Wildman–Crippen LogP) is 1.49. The van der Waals surface area contributed by atoms with Crippen molar-refractivity contribution in [3.63, 3.8) is 0 Å². The summed E-state index contributed by atoms with van der Waals surface area (Å²) in [6.07, 6.45) is 5.30. The maximum atomic E-state index is 13.5. The number of rotatable bonds is 12. The summed E-state index contributed by atoms with van der Waals surface area (Å²) in [4.78, 5) is 55.9. The highest BCUT2D eigenvalue weighted by atomic mass is 32.2. The minimum atomic E-state index is -1.15. The number of amides is 3. The number of carboxylic acids is 1. The normalized spacial score (nSPS) is 18.0. The number of carbonyl (C=O) groups is 4. The smallest absolute Gasteiger partial charge is 0.326 e. The van der Waals surface area contributed by atoms with Crippen LogP contribution in [0, 0.1) is 5.92 Å². The van der Waals surface area contributed by atoms with Gasteiger partial charge in [0.05, 0.1) is 6.04 Å². The van der Waals surface area contributed by atoms with Crippen molar-refractivity contribution in [3.05, 3.63) is 36.0 Å². The minimum absolute atomic E-state index is 0.102. The molecule has 1 aliphatic rings. The molecule has 1 aliphatic heterocycles. The van der Waals surface area contributed by atoms with Gasteiger partial charge >= 0.3 is 5.97 Å². The van der Waals surface area contributed by atoms with Crippen molar-refractivity contribution in [2.24, 2.45) is 11.7 Å². The van der Waals surface area contributed by atoms with Gasteiger partial charge in [-0.1, -0.05) is 32.0 Å². The molecule has 0 saturated carbocycles. The molecule has 11 heteroatoms. The van der Waals surface area contributed by atoms with Crippen molar-refractivity contribution in [1.82, 2.24) is 20.5 Å². The number of aliphatic carboxylic acids is 1. The fourth-order valence-corrected chi connectivity index (χ4v) is 5.11. The number of benzene rings is 1. The van der Waals surface area contributed by atoms with Crippen LogP contribution in [0.3, 0.4) is 0 Å². The molecular formula is C26H37N5O5S. The Labute approximate surface area is 221 Å². The lowest BCUT2D eigenvalue weighted by Crippen LogP contribution is -2.58. The Kier molecular flexibility index (Phi) is 9.99. The molecule has 1 aromatic carbocycles. The molecule has 0 radical (unpaired) electrons. The largest absolute Gasteiger partial charge is 0.480 e. The summed E-state index contributed by atoms with van der Waals surface area (Å²) in [5.74, 6) is -1.91. The number of likely N-dealkylation sites (tertiary alicyclic amines) is 1. The average Bonchev–Trinajstić information content (AvgIpc) is 3.52. The van der Waals surface area contributed by atoms with E-state index in [0.29, 0.717) is 25.8 Å². The van der Waals surface area contributed by atoms with Crippen molar-refractivity contribution in [1.29, 1.82) is 0 Å². The van der Waals surface area contributed by atoms with Crippen LogP contribution in [-0.2, 0) is 25.6 Å². The molecule has 2 heterocycles. The monoisotopic (exact) mass is 531 g/mol. The first-order valence-electron chi connectivity index (χ1n) is 12.6. The number of aromatic nitrogens is 1. The Balaban J connectivity index is 1.69. The van der Waals surface area contributed by atoms with Gasteiger partial charge in [-0.2, -0.15) is 11.8 Å². The van der Waals surface area contributed by atoms with E-state index < -0.39 is 42.0 Å². The lowest BCUT2D eigenvalue weighted by Gasteiger charge is -2.31. The van der Waals surface area contributed by atoms with Crippen LogP contribution in [-0.4, -0.2) is 81.4 Å². The first-order chi connectivity index (χ1) is 17.6. The highest BCUT2D eigenvalue weighted by Gasteiger charge is 2.40. The van der Waals surface area contributed by atoms with Crippen LogP contribution in [0.2, 0.25) is 0 Å². The van der Waals surface area contributed by atoms with E-state index in [4.69, 9.17) is 5.73 Å². The number of nitrogens with one attached hydrogen (secondary N) is 3. The van der Waals surface area contributed by atoms with E-state index in [2.05, 4.69) is 15.6 Å². The zero-order valence-electron chi connectivity index (χ0n) is 21.5. The molecule has 1 saturated heterocycles. The third-order valence-electron chi connectivity index (χ3n) is 6.75. The zero-order valence-corrected chi connectivity index (χ0v) is 22.3. The number of hydrogen-bond donors (Lipinski definition) is 5. The topological polar surface area (TPSA) is 158 Å². The van der Waals surface area contributed by atoms with Crippen LogP contribution < -0.4 is 16.4 Å². The average molecular weight is 532 g/mol. The van der Waals surface area contributed by atoms with Gasteiger partial charge in [-0.3, -0.25) is 14.4 Å². The van der Waals surface area contributed by atoms with Gasteiger partial charge in [-0.05, 0) is 48.8 Å². The molecule has 4 atom stereocenters. The quantitative estimate of drug-likeness (QED) is 0.278. The molecule has 0 spiro atoms. The number of nitrogens with zero attached hydrogens (tertiary/aromatic N) is 1. The van der Waals surface area contributed by atoms with Gasteiger partial charge in [0.15, 0.2) is 0 Å². The van der Waals surface area contributed by atoms with Gasteiger partial charge in [0.2, 0.25) is 17.7 Å². The molecule has 3 amide bonds. The number of hydrogen-bond acceptors (Lipinski definition) is 6. The summed E-state index contributed by atoms with van der Waals surface area (Å²) in [7, 11) is 0. The number of fused-ring (bicyclic) bond motifs is 1. The lowest BCUT2D eigenvalue weighted by atomic mass is 10.0. The third-order valence-corrected chi connectivity index (χ3v) is 7.40. The first kappa shape index (κ1) is 28.5. The van der Waals surface area contributed by atoms with E-state index in [0.717, 1.165) is 22.2 Å².